The maximum atomic E-state index is 2.41. The minimum absolute atomic E-state index is 0.780. The van der Waals surface area contributed by atoms with Crippen LogP contribution >= 0.6 is 0 Å². The highest BCUT2D eigenvalue weighted by Crippen LogP contribution is 2.13. The number of aryl methyl sites for hydroxylation is 2. The number of aromatic nitrogens is 1. The summed E-state index contributed by atoms with van der Waals surface area (Å²) in [6, 6.07) is 4.51. The molecule has 0 saturated carbocycles. The Kier molecular flexibility index (Phi) is 11.9. The second-order valence-electron chi connectivity index (χ2n) is 8.50. The van der Waals surface area contributed by atoms with E-state index in [1.807, 2.05) is 0 Å². The molecule has 1 atom stereocenters. The van der Waals surface area contributed by atoms with Gasteiger partial charge in [-0.3, -0.25) is 0 Å². The molecule has 1 aromatic heterocycles. The Morgan fingerprint density at radius 1 is 0.786 bits per heavy atom. The molecule has 0 bridgehead atoms. The van der Waals surface area contributed by atoms with E-state index < -0.39 is 0 Å². The Labute approximate surface area is 174 Å². The first-order valence-corrected chi connectivity index (χ1v) is 12.1. The summed E-state index contributed by atoms with van der Waals surface area (Å²) in [7, 11) is 0. The van der Waals surface area contributed by atoms with E-state index in [1.54, 1.807) is 0 Å². The fraction of sp³-hybridized carbons (Fsp3) is 0.692. The van der Waals surface area contributed by atoms with Gasteiger partial charge in [0.1, 0.15) is 19.3 Å². The van der Waals surface area contributed by atoms with Gasteiger partial charge in [0.2, 0.25) is 0 Å². The zero-order chi connectivity index (χ0) is 19.9. The molecule has 0 aliphatic carbocycles. The largest absolute Gasteiger partial charge is 0.209 e. The molecule has 0 spiro atoms. The predicted molar refractivity (Wildman–Crippen MR) is 121 cm³/mol. The van der Waals surface area contributed by atoms with Crippen molar-refractivity contribution in [3.05, 3.63) is 42.4 Å². The number of rotatable bonds is 15. The number of hydrogen-bond donors (Lipinski definition) is 0. The van der Waals surface area contributed by atoms with Crippen molar-refractivity contribution in [1.29, 1.82) is 0 Å². The minimum atomic E-state index is 0.780. The number of unbranched alkanes of at least 4 members (excludes halogenated alkanes) is 9. The zero-order valence-electron chi connectivity index (χ0n) is 18.6. The Bertz CT molecular complexity index is 571. The van der Waals surface area contributed by atoms with Gasteiger partial charge in [-0.15, -0.1) is 0 Å². The van der Waals surface area contributed by atoms with E-state index in [4.69, 9.17) is 0 Å². The van der Waals surface area contributed by atoms with Gasteiger partial charge < -0.3 is 0 Å². The molecule has 0 aromatic carbocycles. The summed E-state index contributed by atoms with van der Waals surface area (Å²) in [5.74, 6) is 0.780. The number of allylic oxidation sites excluding steroid dienone is 1. The molecule has 1 aliphatic rings. The van der Waals surface area contributed by atoms with Crippen molar-refractivity contribution in [2.24, 2.45) is 5.92 Å². The normalized spacial score (nSPS) is 16.4. The molecule has 2 heterocycles. The van der Waals surface area contributed by atoms with Gasteiger partial charge in [-0.25, -0.2) is 9.14 Å². The third-order valence-corrected chi connectivity index (χ3v) is 6.17. The fourth-order valence-electron chi connectivity index (χ4n) is 3.99. The average Bonchev–Trinajstić information content (AvgIpc) is 2.75. The molecular weight excluding hydrogens is 340 g/mol. The first-order valence-electron chi connectivity index (χ1n) is 12.1. The lowest BCUT2D eigenvalue weighted by molar-refractivity contribution is -0.697. The summed E-state index contributed by atoms with van der Waals surface area (Å²) in [6.07, 6.45) is 29.2. The van der Waals surface area contributed by atoms with Gasteiger partial charge >= 0.3 is 0 Å². The highest BCUT2D eigenvalue weighted by molar-refractivity contribution is 5.53. The van der Waals surface area contributed by atoms with Crippen LogP contribution in [0.25, 0.3) is 0 Å². The van der Waals surface area contributed by atoms with E-state index in [9.17, 15) is 0 Å². The Hall–Kier alpha value is -1.44. The topological polar surface area (TPSA) is 6.89 Å². The molecule has 0 saturated heterocycles. The number of nitrogens with zero attached hydrogens (tertiary/aromatic N) is 2. The second kappa shape index (κ2) is 14.5. The van der Waals surface area contributed by atoms with Crippen LogP contribution in [0.15, 0.2) is 36.8 Å². The van der Waals surface area contributed by atoms with Crippen molar-refractivity contribution in [2.45, 2.75) is 104 Å². The third-order valence-electron chi connectivity index (χ3n) is 6.17. The molecule has 1 aliphatic heterocycles. The van der Waals surface area contributed by atoms with Crippen molar-refractivity contribution in [2.75, 3.05) is 6.54 Å². The van der Waals surface area contributed by atoms with Gasteiger partial charge in [-0.2, -0.15) is 0 Å². The van der Waals surface area contributed by atoms with Gasteiger partial charge in [-0.05, 0) is 43.2 Å². The lowest BCUT2D eigenvalue weighted by atomic mass is 10.0. The Balaban J connectivity index is 1.34. The average molecular weight is 385 g/mol. The summed E-state index contributed by atoms with van der Waals surface area (Å²) >= 11 is 0. The molecule has 0 amide bonds. The van der Waals surface area contributed by atoms with Crippen LogP contribution in [0.5, 0.6) is 0 Å². The van der Waals surface area contributed by atoms with E-state index in [0.717, 1.165) is 12.3 Å². The van der Waals surface area contributed by atoms with E-state index in [-0.39, 0.29) is 0 Å². The highest BCUT2D eigenvalue weighted by Gasteiger charge is 2.11. The molecular formula is C26H44N2+2. The van der Waals surface area contributed by atoms with Crippen molar-refractivity contribution in [3.8, 4) is 0 Å². The quantitative estimate of drug-likeness (QED) is 0.242. The van der Waals surface area contributed by atoms with Crippen molar-refractivity contribution in [1.82, 2.24) is 0 Å². The van der Waals surface area contributed by atoms with Crippen LogP contribution in [0.4, 0.5) is 0 Å². The Morgan fingerprint density at radius 2 is 1.36 bits per heavy atom. The van der Waals surface area contributed by atoms with E-state index >= 15 is 0 Å². The molecule has 28 heavy (non-hydrogen) atoms. The van der Waals surface area contributed by atoms with Crippen LogP contribution in [-0.4, -0.2) is 17.3 Å². The number of hydrogen-bond acceptors (Lipinski definition) is 0. The van der Waals surface area contributed by atoms with Crippen molar-refractivity contribution in [3.63, 3.8) is 0 Å². The molecule has 156 valence electrons. The molecule has 2 rings (SSSR count). The lowest BCUT2D eigenvalue weighted by Gasteiger charge is -2.09. The van der Waals surface area contributed by atoms with Crippen LogP contribution in [-0.2, 0) is 13.0 Å². The first kappa shape index (κ1) is 22.8. The van der Waals surface area contributed by atoms with Crippen LogP contribution in [0.3, 0.4) is 0 Å². The molecule has 0 N–H and O–H groups in total. The smallest absolute Gasteiger partial charge is 0.169 e. The molecule has 2 nitrogen and oxygen atoms in total. The summed E-state index contributed by atoms with van der Waals surface area (Å²) in [4.78, 5) is 0. The van der Waals surface area contributed by atoms with Crippen molar-refractivity contribution >= 4 is 6.21 Å². The maximum absolute atomic E-state index is 2.41. The standard InChI is InChI=1S/C26H44N2/c1-3-25-15-21-27(22-16-25)19-13-11-9-7-5-6-8-10-12-14-20-28-23-17-26(4-2)18-24-28/h15-17,21-24,26H,3-14,18-20H2,1-2H3/q+2. The molecule has 2 heteroatoms. The van der Waals surface area contributed by atoms with Gasteiger partial charge in [0, 0.05) is 31.4 Å². The minimum Gasteiger partial charge on any atom is -0.209 e. The van der Waals surface area contributed by atoms with Crippen LogP contribution in [0, 0.1) is 5.92 Å². The van der Waals surface area contributed by atoms with Crippen LogP contribution in [0.1, 0.15) is 96.5 Å². The Morgan fingerprint density at radius 3 is 1.86 bits per heavy atom. The summed E-state index contributed by atoms with van der Waals surface area (Å²) in [6.45, 7) is 6.88. The van der Waals surface area contributed by atoms with Gasteiger partial charge in [0.15, 0.2) is 18.6 Å². The molecule has 1 unspecified atom stereocenters. The van der Waals surface area contributed by atoms with Gasteiger partial charge in [0.05, 0.1) is 0 Å². The van der Waals surface area contributed by atoms with Crippen LogP contribution < -0.4 is 4.57 Å². The van der Waals surface area contributed by atoms with Crippen molar-refractivity contribution < 1.29 is 9.14 Å². The molecule has 1 aromatic rings. The third kappa shape index (κ3) is 9.66. The number of pyridine rings is 1. The summed E-state index contributed by atoms with van der Waals surface area (Å²) in [5, 5.41) is 0. The summed E-state index contributed by atoms with van der Waals surface area (Å²) in [5.41, 5.74) is 1.43. The lowest BCUT2D eigenvalue weighted by Crippen LogP contribution is -2.32. The predicted octanol–water partition coefficient (Wildman–Crippen LogP) is 6.46. The first-order chi connectivity index (χ1) is 13.8. The molecule has 0 fully saturated rings. The second-order valence-corrected chi connectivity index (χ2v) is 8.50. The van der Waals surface area contributed by atoms with Gasteiger partial charge in [0.25, 0.3) is 0 Å². The monoisotopic (exact) mass is 384 g/mol. The fourth-order valence-corrected chi connectivity index (χ4v) is 3.99. The van der Waals surface area contributed by atoms with E-state index in [2.05, 4.69) is 66.0 Å². The van der Waals surface area contributed by atoms with E-state index in [1.165, 1.54) is 95.7 Å². The highest BCUT2D eigenvalue weighted by atomic mass is 15.0. The molecule has 0 radical (unpaired) electrons. The van der Waals surface area contributed by atoms with Crippen LogP contribution in [0.2, 0.25) is 0 Å². The zero-order valence-corrected chi connectivity index (χ0v) is 18.6. The maximum Gasteiger partial charge on any atom is 0.169 e. The van der Waals surface area contributed by atoms with Gasteiger partial charge in [-0.1, -0.05) is 52.4 Å². The summed E-state index contributed by atoms with van der Waals surface area (Å²) < 4.78 is 4.74. The SMILES string of the molecule is CCc1cc[n+](CCCCCCCCCCCC[N+]2=CCC(CC)C=C2)cc1. The van der Waals surface area contributed by atoms with E-state index in [0.29, 0.717) is 0 Å².